The van der Waals surface area contributed by atoms with Gasteiger partial charge in [0.2, 0.25) is 17.6 Å². The van der Waals surface area contributed by atoms with E-state index in [4.69, 9.17) is 26.1 Å². The minimum absolute atomic E-state index is 0.0208. The second kappa shape index (κ2) is 11.6. The van der Waals surface area contributed by atoms with Crippen molar-refractivity contribution in [2.24, 2.45) is 0 Å². The SMILES string of the molecule is Cc1ncnc(C(=O)N2CCC3(CC2)OCc2c3c(=O)n3nc(N4CC5CC4CO5)nc3n2CC(=O)Nc2ccc(C(F)(F)F)cc2Cl)c1O. The highest BCUT2D eigenvalue weighted by molar-refractivity contribution is 6.33. The molecule has 0 aliphatic carbocycles. The van der Waals surface area contributed by atoms with Gasteiger partial charge in [-0.05, 0) is 44.4 Å². The van der Waals surface area contributed by atoms with Gasteiger partial charge >= 0.3 is 6.18 Å². The highest BCUT2D eigenvalue weighted by Gasteiger charge is 2.48. The summed E-state index contributed by atoms with van der Waals surface area (Å²) in [5.41, 5.74) is -1.77. The third-order valence-electron chi connectivity index (χ3n) is 9.88. The smallest absolute Gasteiger partial charge is 0.416 e. The summed E-state index contributed by atoms with van der Waals surface area (Å²) in [6.45, 7) is 2.49. The number of halogens is 4. The number of anilines is 2. The van der Waals surface area contributed by atoms with Crippen molar-refractivity contribution in [2.75, 3.05) is 36.5 Å². The maximum absolute atomic E-state index is 14.3. The molecule has 3 fully saturated rings. The number of carbonyl (C=O) groups is 2. The summed E-state index contributed by atoms with van der Waals surface area (Å²) in [4.78, 5) is 57.1. The highest BCUT2D eigenvalue weighted by atomic mass is 35.5. The number of carbonyl (C=O) groups excluding carboxylic acids is 2. The molecule has 2 atom stereocenters. The molecule has 262 valence electrons. The fourth-order valence-corrected chi connectivity index (χ4v) is 7.50. The second-order valence-electron chi connectivity index (χ2n) is 12.8. The van der Waals surface area contributed by atoms with Crippen LogP contribution in [-0.4, -0.2) is 89.3 Å². The highest BCUT2D eigenvalue weighted by Crippen LogP contribution is 2.43. The van der Waals surface area contributed by atoms with Crippen molar-refractivity contribution in [2.45, 2.75) is 63.3 Å². The average Bonchev–Trinajstić information content (AvgIpc) is 3.89. The fraction of sp³-hybridized carbons (Fsp3) is 0.452. The lowest BCUT2D eigenvalue weighted by atomic mass is 9.85. The Morgan fingerprint density at radius 3 is 2.66 bits per heavy atom. The Kier molecular flexibility index (Phi) is 7.54. The molecule has 2 N–H and O–H groups in total. The van der Waals surface area contributed by atoms with Crippen LogP contribution in [0.3, 0.4) is 0 Å². The van der Waals surface area contributed by atoms with Gasteiger partial charge in [-0.3, -0.25) is 14.4 Å². The average molecular weight is 716 g/mol. The Labute approximate surface area is 285 Å². The van der Waals surface area contributed by atoms with Crippen LogP contribution in [0.5, 0.6) is 5.75 Å². The number of nitrogens with one attached hydrogen (secondary N) is 1. The number of ether oxygens (including phenoxy) is 2. The molecule has 8 rings (SSSR count). The number of hydrogen-bond acceptors (Lipinski definition) is 11. The largest absolute Gasteiger partial charge is 0.504 e. The third-order valence-corrected chi connectivity index (χ3v) is 10.2. The summed E-state index contributed by atoms with van der Waals surface area (Å²) in [6.07, 6.45) is -2.15. The molecule has 7 heterocycles. The zero-order valence-corrected chi connectivity index (χ0v) is 27.2. The minimum atomic E-state index is -4.61. The van der Waals surface area contributed by atoms with E-state index in [9.17, 15) is 32.7 Å². The van der Waals surface area contributed by atoms with Gasteiger partial charge in [0.1, 0.15) is 18.5 Å². The maximum atomic E-state index is 14.3. The summed E-state index contributed by atoms with van der Waals surface area (Å²) in [5.74, 6) is -1.04. The molecule has 3 saturated heterocycles. The third kappa shape index (κ3) is 5.23. The predicted molar refractivity (Wildman–Crippen MR) is 168 cm³/mol. The number of alkyl halides is 3. The number of aromatic hydroxyl groups is 1. The van der Waals surface area contributed by atoms with Crippen LogP contribution in [-0.2, 0) is 39.2 Å². The van der Waals surface area contributed by atoms with Crippen molar-refractivity contribution in [1.82, 2.24) is 34.0 Å². The molecular formula is C31H29ClF3N9O6. The van der Waals surface area contributed by atoms with Gasteiger partial charge in [0.25, 0.3) is 11.5 Å². The van der Waals surface area contributed by atoms with Crippen molar-refractivity contribution in [1.29, 1.82) is 0 Å². The molecule has 2 unspecified atom stereocenters. The van der Waals surface area contributed by atoms with Crippen LogP contribution in [0, 0.1) is 6.92 Å². The Hall–Kier alpha value is -4.81. The van der Waals surface area contributed by atoms with Crippen molar-refractivity contribution >= 4 is 40.8 Å². The normalized spacial score (nSPS) is 21.0. The molecule has 0 radical (unpaired) electrons. The van der Waals surface area contributed by atoms with Crippen molar-refractivity contribution < 1.29 is 37.3 Å². The van der Waals surface area contributed by atoms with E-state index in [2.05, 4.69) is 20.4 Å². The lowest BCUT2D eigenvalue weighted by Gasteiger charge is -2.38. The maximum Gasteiger partial charge on any atom is 0.416 e. The van der Waals surface area contributed by atoms with Crippen LogP contribution in [0.2, 0.25) is 5.02 Å². The zero-order chi connectivity index (χ0) is 35.1. The number of rotatable bonds is 5. The Morgan fingerprint density at radius 2 is 1.98 bits per heavy atom. The summed E-state index contributed by atoms with van der Waals surface area (Å²) >= 11 is 6.11. The number of morpholine rings is 1. The standard InChI is InChI=1S/C31H29ClF3N9O6/c1-15-25(46)24(37-14-36-15)27(48)41-6-4-30(5-7-41)23-21(13-50-30)43(11-22(45)38-20-3-2-16(8-19(20)32)31(33,34)35)29-39-28(40-44(29)26(23)47)42-10-18-9-17(42)12-49-18/h2-3,8,14,17-18,46H,4-7,9-13H2,1H3,(H,38,45). The Bertz CT molecular complexity index is 2130. The topological polar surface area (TPSA) is 169 Å². The zero-order valence-electron chi connectivity index (χ0n) is 26.4. The van der Waals surface area contributed by atoms with Crippen LogP contribution in [0.25, 0.3) is 5.78 Å². The van der Waals surface area contributed by atoms with Gasteiger partial charge in [0.15, 0.2) is 11.4 Å². The van der Waals surface area contributed by atoms with Gasteiger partial charge < -0.3 is 34.3 Å². The molecule has 15 nitrogen and oxygen atoms in total. The Balaban J connectivity index is 1.14. The van der Waals surface area contributed by atoms with E-state index in [1.54, 1.807) is 6.92 Å². The number of aromatic nitrogens is 6. The van der Waals surface area contributed by atoms with Crippen LogP contribution >= 0.6 is 11.6 Å². The molecule has 50 heavy (non-hydrogen) atoms. The molecule has 2 bridgehead atoms. The molecule has 1 spiro atoms. The van der Waals surface area contributed by atoms with Gasteiger partial charge in [-0.15, -0.1) is 5.10 Å². The quantitative estimate of drug-likeness (QED) is 0.312. The number of aryl methyl sites for hydroxylation is 1. The van der Waals surface area contributed by atoms with E-state index in [-0.39, 0.29) is 83.9 Å². The molecule has 2 amide bonds. The van der Waals surface area contributed by atoms with E-state index in [1.165, 1.54) is 15.8 Å². The van der Waals surface area contributed by atoms with E-state index >= 15 is 0 Å². The molecule has 0 saturated carbocycles. The summed E-state index contributed by atoms with van der Waals surface area (Å²) < 4.78 is 54.3. The molecule has 4 aliphatic rings. The predicted octanol–water partition coefficient (Wildman–Crippen LogP) is 2.65. The summed E-state index contributed by atoms with van der Waals surface area (Å²) in [6, 6.07) is 2.65. The number of fused-ring (bicyclic) bond motifs is 5. The fourth-order valence-electron chi connectivity index (χ4n) is 7.27. The van der Waals surface area contributed by atoms with Crippen molar-refractivity contribution in [3.8, 4) is 5.75 Å². The number of piperidine rings is 1. The van der Waals surface area contributed by atoms with Crippen LogP contribution in [0.1, 0.15) is 52.3 Å². The van der Waals surface area contributed by atoms with Crippen molar-refractivity contribution in [3.05, 3.63) is 68.1 Å². The number of likely N-dealkylation sites (tertiary alicyclic amines) is 1. The molecule has 4 aliphatic heterocycles. The molecule has 19 heteroatoms. The first kappa shape index (κ1) is 32.4. The molecule has 3 aromatic heterocycles. The molecular weight excluding hydrogens is 687 g/mol. The molecule has 4 aromatic rings. The second-order valence-corrected chi connectivity index (χ2v) is 13.2. The van der Waals surface area contributed by atoms with E-state index in [1.807, 2.05) is 4.90 Å². The number of nitrogens with zero attached hydrogens (tertiary/aromatic N) is 8. The number of hydrogen-bond donors (Lipinski definition) is 2. The van der Waals surface area contributed by atoms with Crippen LogP contribution < -0.4 is 15.8 Å². The van der Waals surface area contributed by atoms with Crippen molar-refractivity contribution in [3.63, 3.8) is 0 Å². The van der Waals surface area contributed by atoms with Gasteiger partial charge in [-0.2, -0.15) is 22.7 Å². The first-order valence-electron chi connectivity index (χ1n) is 15.8. The lowest BCUT2D eigenvalue weighted by Crippen LogP contribution is -2.47. The van der Waals surface area contributed by atoms with Gasteiger partial charge in [0.05, 0.1) is 58.6 Å². The lowest BCUT2D eigenvalue weighted by molar-refractivity contribution is -0.137. The first-order valence-corrected chi connectivity index (χ1v) is 16.2. The number of benzene rings is 1. The van der Waals surface area contributed by atoms with Gasteiger partial charge in [-0.1, -0.05) is 11.6 Å². The summed E-state index contributed by atoms with van der Waals surface area (Å²) in [5, 5.41) is 17.2. The minimum Gasteiger partial charge on any atom is -0.504 e. The van der Waals surface area contributed by atoms with Gasteiger partial charge in [-0.25, -0.2) is 9.97 Å². The van der Waals surface area contributed by atoms with Crippen LogP contribution in [0.4, 0.5) is 24.8 Å². The number of amides is 2. The van der Waals surface area contributed by atoms with E-state index < -0.39 is 41.3 Å². The monoisotopic (exact) mass is 715 g/mol. The summed E-state index contributed by atoms with van der Waals surface area (Å²) in [7, 11) is 0. The van der Waals surface area contributed by atoms with Gasteiger partial charge in [0, 0.05) is 19.6 Å². The molecule has 1 aromatic carbocycles. The first-order chi connectivity index (χ1) is 23.8. The van der Waals surface area contributed by atoms with Crippen LogP contribution in [0.15, 0.2) is 29.3 Å². The van der Waals surface area contributed by atoms with E-state index in [0.717, 1.165) is 29.1 Å². The van der Waals surface area contributed by atoms with E-state index in [0.29, 0.717) is 24.8 Å². The Morgan fingerprint density at radius 1 is 1.20 bits per heavy atom.